The van der Waals surface area contributed by atoms with E-state index < -0.39 is 0 Å². The minimum absolute atomic E-state index is 0.0714. The molecule has 2 rings (SSSR count). The highest BCUT2D eigenvalue weighted by molar-refractivity contribution is 6.30. The van der Waals surface area contributed by atoms with Crippen molar-refractivity contribution in [2.45, 2.75) is 38.1 Å². The van der Waals surface area contributed by atoms with Crippen LogP contribution in [0.2, 0.25) is 5.02 Å². The maximum Gasteiger partial charge on any atom is 0.257 e. The second-order valence-corrected chi connectivity index (χ2v) is 5.96. The third kappa shape index (κ3) is 3.58. The number of phenols is 1. The van der Waals surface area contributed by atoms with Crippen molar-refractivity contribution in [2.75, 3.05) is 12.4 Å². The fraction of sp³-hybridized carbons (Fsp3) is 0.533. The van der Waals surface area contributed by atoms with Gasteiger partial charge in [-0.1, -0.05) is 30.9 Å². The van der Waals surface area contributed by atoms with Crippen molar-refractivity contribution >= 4 is 29.1 Å². The second kappa shape index (κ2) is 7.19. The average molecular weight is 316 g/mol. The van der Waals surface area contributed by atoms with Crippen LogP contribution < -0.4 is 0 Å². The van der Waals surface area contributed by atoms with Crippen LogP contribution in [-0.2, 0) is 0 Å². The van der Waals surface area contributed by atoms with Crippen LogP contribution in [0.15, 0.2) is 18.2 Å². The molecule has 1 aromatic rings. The SMILES string of the molecule is O=C(c1ccc(Cl)cc1O)N(CCCl)C1CCCCC1. The number of carbonyl (C=O) groups is 1. The number of hydrogen-bond donors (Lipinski definition) is 1. The summed E-state index contributed by atoms with van der Waals surface area (Å²) >= 11 is 11.6. The van der Waals surface area contributed by atoms with Crippen LogP contribution in [-0.4, -0.2) is 34.4 Å². The van der Waals surface area contributed by atoms with E-state index in [-0.39, 0.29) is 17.7 Å². The molecule has 0 bridgehead atoms. The molecule has 20 heavy (non-hydrogen) atoms. The monoisotopic (exact) mass is 315 g/mol. The van der Waals surface area contributed by atoms with Gasteiger partial charge < -0.3 is 10.0 Å². The molecule has 0 radical (unpaired) electrons. The zero-order chi connectivity index (χ0) is 14.5. The van der Waals surface area contributed by atoms with E-state index in [0.29, 0.717) is 23.0 Å². The fourth-order valence-corrected chi connectivity index (χ4v) is 3.12. The molecule has 0 heterocycles. The number of phenolic OH excluding ortho intramolecular Hbond substituents is 1. The Hall–Kier alpha value is -0.930. The highest BCUT2D eigenvalue weighted by atomic mass is 35.5. The van der Waals surface area contributed by atoms with Crippen LogP contribution in [0.4, 0.5) is 0 Å². The topological polar surface area (TPSA) is 40.5 Å². The van der Waals surface area contributed by atoms with Gasteiger partial charge in [-0.05, 0) is 31.0 Å². The van der Waals surface area contributed by atoms with E-state index in [0.717, 1.165) is 25.7 Å². The fourth-order valence-electron chi connectivity index (χ4n) is 2.77. The Morgan fingerprint density at radius 2 is 2.00 bits per heavy atom. The number of aromatic hydroxyl groups is 1. The molecule has 0 aromatic heterocycles. The maximum atomic E-state index is 12.6. The Labute approximate surface area is 129 Å². The summed E-state index contributed by atoms with van der Waals surface area (Å²) in [7, 11) is 0. The molecular formula is C15H19Cl2NO2. The van der Waals surface area contributed by atoms with Gasteiger partial charge in [0.15, 0.2) is 0 Å². The highest BCUT2D eigenvalue weighted by Gasteiger charge is 2.27. The second-order valence-electron chi connectivity index (χ2n) is 5.14. The number of hydrogen-bond acceptors (Lipinski definition) is 2. The normalized spacial score (nSPS) is 16.1. The van der Waals surface area contributed by atoms with Crippen molar-refractivity contribution in [3.8, 4) is 5.75 Å². The van der Waals surface area contributed by atoms with E-state index in [1.54, 1.807) is 17.0 Å². The average Bonchev–Trinajstić information content (AvgIpc) is 2.45. The Bertz CT molecular complexity index is 473. The summed E-state index contributed by atoms with van der Waals surface area (Å²) in [6, 6.07) is 4.82. The van der Waals surface area contributed by atoms with E-state index >= 15 is 0 Å². The zero-order valence-corrected chi connectivity index (χ0v) is 12.8. The predicted molar refractivity (Wildman–Crippen MR) is 81.7 cm³/mol. The van der Waals surface area contributed by atoms with Crippen LogP contribution in [0.1, 0.15) is 42.5 Å². The van der Waals surface area contributed by atoms with Gasteiger partial charge in [0.05, 0.1) is 5.56 Å². The van der Waals surface area contributed by atoms with Gasteiger partial charge in [-0.15, -0.1) is 11.6 Å². The van der Waals surface area contributed by atoms with Crippen LogP contribution in [0.25, 0.3) is 0 Å². The van der Waals surface area contributed by atoms with Crippen LogP contribution in [0.3, 0.4) is 0 Å². The summed E-state index contributed by atoms with van der Waals surface area (Å²) in [6.45, 7) is 0.507. The third-order valence-electron chi connectivity index (χ3n) is 3.79. The minimum Gasteiger partial charge on any atom is -0.507 e. The van der Waals surface area contributed by atoms with Crippen molar-refractivity contribution in [2.24, 2.45) is 0 Å². The predicted octanol–water partition coefficient (Wildman–Crippen LogP) is 4.06. The molecule has 0 unspecified atom stereocenters. The van der Waals surface area contributed by atoms with E-state index in [9.17, 15) is 9.90 Å². The lowest BCUT2D eigenvalue weighted by Gasteiger charge is -2.34. The molecule has 1 saturated carbocycles. The van der Waals surface area contributed by atoms with Gasteiger partial charge in [-0.3, -0.25) is 4.79 Å². The van der Waals surface area contributed by atoms with Crippen LogP contribution in [0, 0.1) is 0 Å². The summed E-state index contributed by atoms with van der Waals surface area (Å²) in [5.41, 5.74) is 0.296. The number of benzene rings is 1. The number of nitrogens with zero attached hydrogens (tertiary/aromatic N) is 1. The third-order valence-corrected chi connectivity index (χ3v) is 4.20. The van der Waals surface area contributed by atoms with Gasteiger partial charge in [-0.25, -0.2) is 0 Å². The summed E-state index contributed by atoms with van der Waals surface area (Å²) in [5.74, 6) is 0.168. The Balaban J connectivity index is 2.21. The van der Waals surface area contributed by atoms with E-state index in [1.165, 1.54) is 12.5 Å². The first-order valence-corrected chi connectivity index (χ1v) is 7.90. The summed E-state index contributed by atoms with van der Waals surface area (Å²) in [4.78, 5) is 14.4. The molecule has 1 aromatic carbocycles. The molecule has 0 aliphatic heterocycles. The number of halogens is 2. The lowest BCUT2D eigenvalue weighted by Crippen LogP contribution is -2.42. The molecule has 0 saturated heterocycles. The first kappa shape index (κ1) is 15.5. The van der Waals surface area contributed by atoms with Gasteiger partial charge in [0.2, 0.25) is 0 Å². The quantitative estimate of drug-likeness (QED) is 0.851. The lowest BCUT2D eigenvalue weighted by atomic mass is 9.93. The van der Waals surface area contributed by atoms with Gasteiger partial charge in [0.25, 0.3) is 5.91 Å². The lowest BCUT2D eigenvalue weighted by molar-refractivity contribution is 0.0646. The van der Waals surface area contributed by atoms with Crippen molar-refractivity contribution < 1.29 is 9.90 Å². The van der Waals surface area contributed by atoms with E-state index in [2.05, 4.69) is 0 Å². The van der Waals surface area contributed by atoms with Gasteiger partial charge >= 0.3 is 0 Å². The molecule has 1 fully saturated rings. The van der Waals surface area contributed by atoms with Gasteiger partial charge in [0, 0.05) is 23.5 Å². The Morgan fingerprint density at radius 1 is 1.30 bits per heavy atom. The Kier molecular flexibility index (Phi) is 5.55. The maximum absolute atomic E-state index is 12.6. The summed E-state index contributed by atoms with van der Waals surface area (Å²) in [6.07, 6.45) is 5.53. The van der Waals surface area contributed by atoms with Crippen molar-refractivity contribution in [1.82, 2.24) is 4.90 Å². The number of alkyl halides is 1. The number of rotatable bonds is 4. The standard InChI is InChI=1S/C15H19Cl2NO2/c16-8-9-18(12-4-2-1-3-5-12)15(20)13-7-6-11(17)10-14(13)19/h6-7,10,12,19H,1-5,8-9H2. The number of amides is 1. The molecule has 1 N–H and O–H groups in total. The van der Waals surface area contributed by atoms with Gasteiger partial charge in [-0.2, -0.15) is 0 Å². The molecule has 5 heteroatoms. The Morgan fingerprint density at radius 3 is 2.60 bits per heavy atom. The van der Waals surface area contributed by atoms with Crippen molar-refractivity contribution in [1.29, 1.82) is 0 Å². The van der Waals surface area contributed by atoms with Gasteiger partial charge in [0.1, 0.15) is 5.75 Å². The first-order chi connectivity index (χ1) is 9.63. The molecule has 3 nitrogen and oxygen atoms in total. The zero-order valence-electron chi connectivity index (χ0n) is 11.3. The first-order valence-electron chi connectivity index (χ1n) is 6.99. The molecule has 0 spiro atoms. The molecule has 1 aliphatic carbocycles. The van der Waals surface area contributed by atoms with E-state index in [4.69, 9.17) is 23.2 Å². The number of carbonyl (C=O) groups excluding carboxylic acids is 1. The van der Waals surface area contributed by atoms with Crippen molar-refractivity contribution in [3.63, 3.8) is 0 Å². The highest BCUT2D eigenvalue weighted by Crippen LogP contribution is 2.27. The van der Waals surface area contributed by atoms with Crippen LogP contribution >= 0.6 is 23.2 Å². The summed E-state index contributed by atoms with van der Waals surface area (Å²) in [5, 5.41) is 10.3. The smallest absolute Gasteiger partial charge is 0.257 e. The largest absolute Gasteiger partial charge is 0.507 e. The van der Waals surface area contributed by atoms with Crippen molar-refractivity contribution in [3.05, 3.63) is 28.8 Å². The molecule has 1 amide bonds. The minimum atomic E-state index is -0.160. The van der Waals surface area contributed by atoms with E-state index in [1.807, 2.05) is 0 Å². The summed E-state index contributed by atoms with van der Waals surface area (Å²) < 4.78 is 0. The van der Waals surface area contributed by atoms with Crippen LogP contribution in [0.5, 0.6) is 5.75 Å². The molecular weight excluding hydrogens is 297 g/mol. The molecule has 1 aliphatic rings. The molecule has 110 valence electrons. The molecule has 0 atom stereocenters.